The molecule has 1 aliphatic carbocycles. The molecule has 0 N–H and O–H groups in total. The zero-order valence-corrected chi connectivity index (χ0v) is 23.2. The van der Waals surface area contributed by atoms with Crippen molar-refractivity contribution in [2.24, 2.45) is 0 Å². The van der Waals surface area contributed by atoms with Crippen LogP contribution in [0.2, 0.25) is 0 Å². The highest BCUT2D eigenvalue weighted by Crippen LogP contribution is 2.44. The van der Waals surface area contributed by atoms with Crippen molar-refractivity contribution in [2.45, 2.75) is 9.97 Å². The van der Waals surface area contributed by atoms with E-state index in [2.05, 4.69) is 185 Å². The van der Waals surface area contributed by atoms with E-state index in [4.69, 9.17) is 0 Å². The molecule has 0 amide bonds. The average molecular weight is 602 g/mol. The first-order valence-electron chi connectivity index (χ1n) is 12.9. The molecule has 1 aliphatic rings. The van der Waals surface area contributed by atoms with Gasteiger partial charge >= 0.3 is 0 Å². The molecule has 0 aromatic heterocycles. The van der Waals surface area contributed by atoms with Gasteiger partial charge < -0.3 is 4.90 Å². The number of benzene rings is 5. The Morgan fingerprint density at radius 2 is 0.868 bits per heavy atom. The summed E-state index contributed by atoms with van der Waals surface area (Å²) >= 11 is 2.62. The molecule has 5 aromatic carbocycles. The van der Waals surface area contributed by atoms with Crippen LogP contribution in [-0.2, 0) is 0 Å². The Hall–Kier alpha value is -3.89. The van der Waals surface area contributed by atoms with E-state index < -0.39 is 0 Å². The molecule has 0 saturated carbocycles. The minimum atomic E-state index is -0.238. The van der Waals surface area contributed by atoms with Crippen molar-refractivity contribution in [3.63, 3.8) is 0 Å². The fourth-order valence-corrected chi connectivity index (χ4v) is 6.02. The van der Waals surface area contributed by atoms with Crippen LogP contribution < -0.4 is 4.90 Å². The summed E-state index contributed by atoms with van der Waals surface area (Å²) in [5.41, 5.74) is 9.79. The normalized spacial score (nSPS) is 16.6. The molecule has 6 rings (SSSR count). The van der Waals surface area contributed by atoms with E-state index in [1.165, 1.54) is 44.8 Å². The molecule has 0 spiro atoms. The van der Waals surface area contributed by atoms with Gasteiger partial charge in [-0.2, -0.15) is 0 Å². The second-order valence-corrected chi connectivity index (χ2v) is 11.4. The lowest BCUT2D eigenvalue weighted by molar-refractivity contribution is 0.759. The van der Waals surface area contributed by atoms with Crippen LogP contribution in [-0.4, -0.2) is 3.55 Å². The molecule has 38 heavy (non-hydrogen) atoms. The first-order chi connectivity index (χ1) is 18.7. The van der Waals surface area contributed by atoms with Gasteiger partial charge in [0.15, 0.2) is 0 Å². The number of halogens is 1. The molecule has 2 heteroatoms. The monoisotopic (exact) mass is 601 g/mol. The van der Waals surface area contributed by atoms with Crippen molar-refractivity contribution in [1.82, 2.24) is 0 Å². The van der Waals surface area contributed by atoms with Gasteiger partial charge in [-0.05, 0) is 86.3 Å². The largest absolute Gasteiger partial charge is 0.323 e. The van der Waals surface area contributed by atoms with Gasteiger partial charge in [-0.3, -0.25) is 0 Å². The highest BCUT2D eigenvalue weighted by Gasteiger charge is 2.34. The fraction of sp³-hybridized carbons (Fsp3) is 0.0556. The summed E-state index contributed by atoms with van der Waals surface area (Å²) < 4.78 is -0.238. The zero-order chi connectivity index (χ0) is 25.8. The molecule has 0 saturated heterocycles. The Morgan fingerprint density at radius 1 is 0.474 bits per heavy atom. The Balaban J connectivity index is 1.37. The van der Waals surface area contributed by atoms with Crippen molar-refractivity contribution in [1.29, 1.82) is 0 Å². The second-order valence-electron chi connectivity index (χ2n) is 9.54. The van der Waals surface area contributed by atoms with Crippen LogP contribution in [0.4, 0.5) is 11.4 Å². The third-order valence-corrected chi connectivity index (χ3v) is 8.35. The van der Waals surface area contributed by atoms with Gasteiger partial charge in [-0.15, -0.1) is 0 Å². The van der Waals surface area contributed by atoms with Gasteiger partial charge in [0.1, 0.15) is 3.55 Å². The molecular weight excluding hydrogens is 573 g/mol. The maximum atomic E-state index is 2.62. The molecule has 1 unspecified atom stereocenters. The van der Waals surface area contributed by atoms with Crippen molar-refractivity contribution < 1.29 is 0 Å². The maximum Gasteiger partial charge on any atom is 0.119 e. The quantitative estimate of drug-likeness (QED) is 0.106. The van der Waals surface area contributed by atoms with Gasteiger partial charge in [0, 0.05) is 17.8 Å². The molecule has 0 bridgehead atoms. The standard InChI is InChI=1S/C36H28IN/c37-36(26-24-33(25-27-36)30-14-8-3-9-15-30)38(34-20-16-31(17-21-34)28-10-4-1-5-11-28)35-22-18-32(19-23-35)29-12-6-2-7-13-29/h1-26H,27H2. The average Bonchev–Trinajstić information content (AvgIpc) is 3.00. The van der Waals surface area contributed by atoms with E-state index in [1.807, 2.05) is 0 Å². The highest BCUT2D eigenvalue weighted by molar-refractivity contribution is 14.1. The van der Waals surface area contributed by atoms with Crippen LogP contribution in [0.5, 0.6) is 0 Å². The number of hydrogen-bond acceptors (Lipinski definition) is 1. The van der Waals surface area contributed by atoms with Crippen molar-refractivity contribution >= 4 is 39.5 Å². The summed E-state index contributed by atoms with van der Waals surface area (Å²) in [4.78, 5) is 2.46. The van der Waals surface area contributed by atoms with E-state index in [1.54, 1.807) is 0 Å². The van der Waals surface area contributed by atoms with Crippen LogP contribution in [0.1, 0.15) is 12.0 Å². The topological polar surface area (TPSA) is 3.24 Å². The third kappa shape index (κ3) is 5.09. The minimum absolute atomic E-state index is 0.238. The molecule has 184 valence electrons. The van der Waals surface area contributed by atoms with E-state index in [9.17, 15) is 0 Å². The summed E-state index contributed by atoms with van der Waals surface area (Å²) in [7, 11) is 0. The minimum Gasteiger partial charge on any atom is -0.323 e. The highest BCUT2D eigenvalue weighted by atomic mass is 127. The van der Waals surface area contributed by atoms with Crippen molar-refractivity contribution in [2.75, 3.05) is 4.90 Å². The Morgan fingerprint density at radius 3 is 1.26 bits per heavy atom. The number of hydrogen-bond donors (Lipinski definition) is 0. The maximum absolute atomic E-state index is 2.62. The first kappa shape index (κ1) is 24.4. The summed E-state index contributed by atoms with van der Waals surface area (Å²) in [6, 6.07) is 49.7. The van der Waals surface area contributed by atoms with Gasteiger partial charge in [-0.25, -0.2) is 0 Å². The fourth-order valence-electron chi connectivity index (χ4n) is 5.06. The summed E-state index contributed by atoms with van der Waals surface area (Å²) in [5, 5.41) is 0. The lowest BCUT2D eigenvalue weighted by Crippen LogP contribution is -2.39. The Labute approximate surface area is 238 Å². The predicted molar refractivity (Wildman–Crippen MR) is 171 cm³/mol. The molecule has 0 heterocycles. The van der Waals surface area contributed by atoms with Crippen LogP contribution in [0.25, 0.3) is 27.8 Å². The molecule has 0 fully saturated rings. The molecule has 1 nitrogen and oxygen atoms in total. The second kappa shape index (κ2) is 10.8. The number of anilines is 2. The number of alkyl halides is 1. The van der Waals surface area contributed by atoms with Crippen LogP contribution in [0.15, 0.2) is 158 Å². The predicted octanol–water partition coefficient (Wildman–Crippen LogP) is 10.3. The summed E-state index contributed by atoms with van der Waals surface area (Å²) in [6.45, 7) is 0. The number of allylic oxidation sites excluding steroid dienone is 2. The van der Waals surface area contributed by atoms with Gasteiger partial charge in [0.25, 0.3) is 0 Å². The Kier molecular flexibility index (Phi) is 6.98. The number of rotatable bonds is 6. The van der Waals surface area contributed by atoms with Gasteiger partial charge in [-0.1, -0.05) is 127 Å². The van der Waals surface area contributed by atoms with Crippen LogP contribution in [0, 0.1) is 0 Å². The van der Waals surface area contributed by atoms with E-state index in [0.717, 1.165) is 6.42 Å². The van der Waals surface area contributed by atoms with E-state index >= 15 is 0 Å². The molecular formula is C36H28IN. The molecule has 0 aliphatic heterocycles. The lowest BCUT2D eigenvalue weighted by Gasteiger charge is -2.41. The van der Waals surface area contributed by atoms with Crippen molar-refractivity contribution in [3.8, 4) is 22.3 Å². The summed E-state index contributed by atoms with van der Waals surface area (Å²) in [5.74, 6) is 0. The molecule has 0 radical (unpaired) electrons. The SMILES string of the molecule is IC1(N(c2ccc(-c3ccccc3)cc2)c2ccc(-c3ccccc3)cc2)C=CC(c2ccccc2)=CC1. The smallest absolute Gasteiger partial charge is 0.119 e. The van der Waals surface area contributed by atoms with Gasteiger partial charge in [0.2, 0.25) is 0 Å². The molecule has 5 aromatic rings. The Bertz CT molecular complexity index is 1470. The summed E-state index contributed by atoms with van der Waals surface area (Å²) in [6.07, 6.45) is 7.89. The zero-order valence-electron chi connectivity index (χ0n) is 21.0. The van der Waals surface area contributed by atoms with Crippen LogP contribution in [0.3, 0.4) is 0 Å². The third-order valence-electron chi connectivity index (χ3n) is 7.07. The molecule has 1 atom stereocenters. The first-order valence-corrected chi connectivity index (χ1v) is 14.0. The van der Waals surface area contributed by atoms with Crippen LogP contribution >= 0.6 is 22.6 Å². The van der Waals surface area contributed by atoms with Crippen molar-refractivity contribution in [3.05, 3.63) is 163 Å². The number of nitrogens with zero attached hydrogens (tertiary/aromatic N) is 1. The van der Waals surface area contributed by atoms with E-state index in [0.29, 0.717) is 0 Å². The van der Waals surface area contributed by atoms with E-state index in [-0.39, 0.29) is 3.55 Å². The van der Waals surface area contributed by atoms with Gasteiger partial charge in [0.05, 0.1) is 0 Å². The lowest BCUT2D eigenvalue weighted by atomic mass is 9.95.